The molecule has 0 fully saturated rings. The molecule has 8 heteroatoms. The summed E-state index contributed by atoms with van der Waals surface area (Å²) in [7, 11) is 0. The minimum Gasteiger partial charge on any atom is -0.361 e. The number of aromatic amines is 1. The number of fused-ring (bicyclic) bond motifs is 1. The number of aromatic nitrogens is 3. The fourth-order valence-electron chi connectivity index (χ4n) is 2.12. The van der Waals surface area contributed by atoms with Gasteiger partial charge in [-0.2, -0.15) is 0 Å². The molecule has 0 aliphatic carbocycles. The molecule has 0 unspecified atom stereocenters. The summed E-state index contributed by atoms with van der Waals surface area (Å²) in [5.74, 6) is -0.546. The second-order valence-corrected chi connectivity index (χ2v) is 4.75. The van der Waals surface area contributed by atoms with Crippen LogP contribution in [-0.4, -0.2) is 19.9 Å². The van der Waals surface area contributed by atoms with Crippen molar-refractivity contribution in [1.29, 1.82) is 0 Å². The van der Waals surface area contributed by atoms with Gasteiger partial charge in [-0.05, 0) is 23.2 Å². The van der Waals surface area contributed by atoms with E-state index in [4.69, 9.17) is 11.6 Å². The van der Waals surface area contributed by atoms with Crippen LogP contribution in [0.5, 0.6) is 0 Å². The topological polar surface area (TPSA) is 84.7 Å². The summed E-state index contributed by atoms with van der Waals surface area (Å²) in [5.41, 5.74) is 1.55. The van der Waals surface area contributed by atoms with E-state index in [1.165, 1.54) is 12.1 Å². The van der Waals surface area contributed by atoms with Crippen LogP contribution in [0.1, 0.15) is 11.3 Å². The predicted octanol–water partition coefficient (Wildman–Crippen LogP) is 3.25. The molecule has 0 radical (unpaired) electrons. The lowest BCUT2D eigenvalue weighted by atomic mass is 10.1. The van der Waals surface area contributed by atoms with Crippen LogP contribution in [0, 0.1) is 15.9 Å². The first kappa shape index (κ1) is 13.4. The first-order valence-corrected chi connectivity index (χ1v) is 6.33. The molecular weight excluding hydrogens is 299 g/mol. The Morgan fingerprint density at radius 3 is 3.00 bits per heavy atom. The van der Waals surface area contributed by atoms with Gasteiger partial charge < -0.3 is 4.98 Å². The Hall–Kier alpha value is -2.54. The summed E-state index contributed by atoms with van der Waals surface area (Å²) in [4.78, 5) is 20.6. The van der Waals surface area contributed by atoms with Gasteiger partial charge in [-0.1, -0.05) is 0 Å². The summed E-state index contributed by atoms with van der Waals surface area (Å²) in [6.45, 7) is 0. The first-order valence-electron chi connectivity index (χ1n) is 5.96. The minimum absolute atomic E-state index is 0.00726. The maximum atomic E-state index is 13.6. The van der Waals surface area contributed by atoms with E-state index < -0.39 is 10.7 Å². The Labute approximate surface area is 122 Å². The minimum atomic E-state index is -0.546. The van der Waals surface area contributed by atoms with Crippen molar-refractivity contribution in [2.75, 3.05) is 0 Å². The second kappa shape index (κ2) is 5.10. The third-order valence-corrected chi connectivity index (χ3v) is 3.29. The molecule has 0 spiro atoms. The average Bonchev–Trinajstić information content (AvgIpc) is 2.85. The summed E-state index contributed by atoms with van der Waals surface area (Å²) in [6.07, 6.45) is 2.90. The standard InChI is InChI=1S/C13H8ClFN4O2/c14-13-17-6-10(15)12(18-13)3-7-5-16-11-4-8(19(20)21)1-2-9(7)11/h1-2,4-6,16H,3H2. The van der Waals surface area contributed by atoms with Gasteiger partial charge in [-0.3, -0.25) is 10.1 Å². The van der Waals surface area contributed by atoms with Crippen LogP contribution in [0.4, 0.5) is 10.1 Å². The number of rotatable bonds is 3. The Balaban J connectivity index is 2.01. The van der Waals surface area contributed by atoms with Crippen LogP contribution < -0.4 is 0 Å². The predicted molar refractivity (Wildman–Crippen MR) is 74.8 cm³/mol. The summed E-state index contributed by atoms with van der Waals surface area (Å²) in [6, 6.07) is 4.46. The Kier molecular flexibility index (Phi) is 3.26. The molecule has 106 valence electrons. The third-order valence-electron chi connectivity index (χ3n) is 3.11. The molecule has 0 aliphatic rings. The molecule has 3 rings (SSSR count). The smallest absolute Gasteiger partial charge is 0.271 e. The maximum Gasteiger partial charge on any atom is 0.271 e. The molecule has 0 aliphatic heterocycles. The van der Waals surface area contributed by atoms with Crippen molar-refractivity contribution < 1.29 is 9.31 Å². The molecule has 21 heavy (non-hydrogen) atoms. The number of H-pyrrole nitrogens is 1. The lowest BCUT2D eigenvalue weighted by Gasteiger charge is -2.01. The molecule has 0 atom stereocenters. The first-order chi connectivity index (χ1) is 10.0. The largest absolute Gasteiger partial charge is 0.361 e. The van der Waals surface area contributed by atoms with Crippen LogP contribution in [0.3, 0.4) is 0 Å². The highest BCUT2D eigenvalue weighted by molar-refractivity contribution is 6.28. The molecule has 0 saturated carbocycles. The highest BCUT2D eigenvalue weighted by Gasteiger charge is 2.13. The number of benzene rings is 1. The number of nitrogens with one attached hydrogen (secondary N) is 1. The summed E-state index contributed by atoms with van der Waals surface area (Å²) >= 11 is 5.66. The van der Waals surface area contributed by atoms with E-state index in [2.05, 4.69) is 15.0 Å². The van der Waals surface area contributed by atoms with E-state index in [0.29, 0.717) is 5.52 Å². The van der Waals surface area contributed by atoms with Crippen molar-refractivity contribution in [1.82, 2.24) is 15.0 Å². The molecule has 1 N–H and O–H groups in total. The van der Waals surface area contributed by atoms with Crippen molar-refractivity contribution in [2.45, 2.75) is 6.42 Å². The van der Waals surface area contributed by atoms with Crippen molar-refractivity contribution in [3.05, 3.63) is 63.1 Å². The van der Waals surface area contributed by atoms with E-state index >= 15 is 0 Å². The van der Waals surface area contributed by atoms with Crippen molar-refractivity contribution in [3.8, 4) is 0 Å². The SMILES string of the molecule is O=[N+]([O-])c1ccc2c(Cc3nc(Cl)ncc3F)c[nH]c2c1. The molecule has 6 nitrogen and oxygen atoms in total. The van der Waals surface area contributed by atoms with Crippen LogP contribution in [0.15, 0.2) is 30.6 Å². The van der Waals surface area contributed by atoms with Gasteiger partial charge in [0.2, 0.25) is 5.28 Å². The Bertz CT molecular complexity index is 849. The molecular formula is C13H8ClFN4O2. The zero-order valence-corrected chi connectivity index (χ0v) is 11.3. The van der Waals surface area contributed by atoms with E-state index in [0.717, 1.165) is 17.1 Å². The number of hydrogen-bond donors (Lipinski definition) is 1. The van der Waals surface area contributed by atoms with E-state index in [1.807, 2.05) is 0 Å². The van der Waals surface area contributed by atoms with E-state index in [9.17, 15) is 14.5 Å². The van der Waals surface area contributed by atoms with Crippen LogP contribution >= 0.6 is 11.6 Å². The van der Waals surface area contributed by atoms with Crippen LogP contribution in [-0.2, 0) is 6.42 Å². The lowest BCUT2D eigenvalue weighted by Crippen LogP contribution is -1.98. The van der Waals surface area contributed by atoms with Crippen molar-refractivity contribution >= 4 is 28.2 Å². The van der Waals surface area contributed by atoms with Crippen molar-refractivity contribution in [3.63, 3.8) is 0 Å². The normalized spacial score (nSPS) is 11.0. The highest BCUT2D eigenvalue weighted by Crippen LogP contribution is 2.25. The van der Waals surface area contributed by atoms with Gasteiger partial charge in [0.1, 0.15) is 0 Å². The Morgan fingerprint density at radius 1 is 1.43 bits per heavy atom. The van der Waals surface area contributed by atoms with Gasteiger partial charge in [-0.15, -0.1) is 0 Å². The molecule has 0 bridgehead atoms. The highest BCUT2D eigenvalue weighted by atomic mass is 35.5. The average molecular weight is 307 g/mol. The van der Waals surface area contributed by atoms with Gasteiger partial charge >= 0.3 is 0 Å². The van der Waals surface area contributed by atoms with Gasteiger partial charge in [0.25, 0.3) is 5.69 Å². The number of nitro groups is 1. The monoisotopic (exact) mass is 306 g/mol. The molecule has 2 aromatic heterocycles. The molecule has 3 aromatic rings. The quantitative estimate of drug-likeness (QED) is 0.457. The summed E-state index contributed by atoms with van der Waals surface area (Å²) in [5, 5.41) is 11.5. The lowest BCUT2D eigenvalue weighted by molar-refractivity contribution is -0.384. The van der Waals surface area contributed by atoms with Gasteiger partial charge in [0.05, 0.1) is 22.3 Å². The van der Waals surface area contributed by atoms with Gasteiger partial charge in [-0.25, -0.2) is 14.4 Å². The van der Waals surface area contributed by atoms with E-state index in [-0.39, 0.29) is 23.1 Å². The molecule has 0 saturated heterocycles. The zero-order chi connectivity index (χ0) is 15.0. The number of nitro benzene ring substituents is 1. The number of non-ortho nitro benzene ring substituents is 1. The van der Waals surface area contributed by atoms with Crippen molar-refractivity contribution in [2.24, 2.45) is 0 Å². The summed E-state index contributed by atoms with van der Waals surface area (Å²) < 4.78 is 13.6. The van der Waals surface area contributed by atoms with E-state index in [1.54, 1.807) is 12.3 Å². The number of nitrogens with zero attached hydrogens (tertiary/aromatic N) is 3. The molecule has 0 amide bonds. The zero-order valence-electron chi connectivity index (χ0n) is 10.5. The molecule has 2 heterocycles. The second-order valence-electron chi connectivity index (χ2n) is 4.41. The fraction of sp³-hybridized carbons (Fsp3) is 0.0769. The maximum absolute atomic E-state index is 13.6. The fourth-order valence-corrected chi connectivity index (χ4v) is 2.27. The number of hydrogen-bond acceptors (Lipinski definition) is 4. The Morgan fingerprint density at radius 2 is 2.24 bits per heavy atom. The van der Waals surface area contributed by atoms with Crippen LogP contribution in [0.25, 0.3) is 10.9 Å². The number of halogens is 2. The van der Waals surface area contributed by atoms with Crippen LogP contribution in [0.2, 0.25) is 5.28 Å². The third kappa shape index (κ3) is 2.55. The van der Waals surface area contributed by atoms with Gasteiger partial charge in [0.15, 0.2) is 5.82 Å². The molecule has 1 aromatic carbocycles. The van der Waals surface area contributed by atoms with Gasteiger partial charge in [0, 0.05) is 30.1 Å².